The number of anilines is 1. The third-order valence-corrected chi connectivity index (χ3v) is 9.91. The van der Waals surface area contributed by atoms with Gasteiger partial charge in [0.05, 0.1) is 24.3 Å². The van der Waals surface area contributed by atoms with Crippen molar-refractivity contribution >= 4 is 22.6 Å². The number of benzene rings is 5. The Morgan fingerprint density at radius 1 is 0.825 bits per heavy atom. The standard InChI is InChI=1S/C44H35F2N7O4/c1-51-41-35(24-47-25-37(41)52(43(51)55)26-40(54)49-34-20-18-33(45)19-21-34)29-22-36(46)42(38(23-29)56-2)57-27-39-50-48-28-53(39)44(30-12-6-3-7-13-30,31-14-8-4-9-15-31)32-16-10-5-11-17-32/h3-25,28H,26-27H2,1-2H3,(H,49,54). The minimum atomic E-state index is -0.919. The number of rotatable bonds is 12. The number of ether oxygens (including phenoxy) is 2. The maximum atomic E-state index is 16.3. The van der Waals surface area contributed by atoms with E-state index in [-0.39, 0.29) is 24.7 Å². The third-order valence-electron chi connectivity index (χ3n) is 9.91. The lowest BCUT2D eigenvalue weighted by Gasteiger charge is -2.38. The first-order valence-corrected chi connectivity index (χ1v) is 17.9. The van der Waals surface area contributed by atoms with Gasteiger partial charge < -0.3 is 14.8 Å². The second kappa shape index (κ2) is 15.4. The largest absolute Gasteiger partial charge is 0.493 e. The molecule has 8 aromatic rings. The SMILES string of the molecule is COc1cc(-c2cncc3c2n(C)c(=O)n3CC(=O)Nc2ccc(F)cc2)cc(F)c1OCc1nncn1C(c1ccccc1)(c1ccccc1)c1ccccc1. The molecule has 1 amide bonds. The minimum Gasteiger partial charge on any atom is -0.493 e. The van der Waals surface area contributed by atoms with E-state index in [2.05, 4.69) is 20.5 Å². The smallest absolute Gasteiger partial charge is 0.329 e. The number of pyridine rings is 1. The van der Waals surface area contributed by atoms with Crippen LogP contribution in [-0.4, -0.2) is 41.9 Å². The lowest BCUT2D eigenvalue weighted by Crippen LogP contribution is -2.38. The van der Waals surface area contributed by atoms with E-state index < -0.39 is 28.8 Å². The van der Waals surface area contributed by atoms with Gasteiger partial charge in [-0.2, -0.15) is 0 Å². The van der Waals surface area contributed by atoms with Crippen LogP contribution in [0.4, 0.5) is 14.5 Å². The number of aromatic nitrogens is 6. The van der Waals surface area contributed by atoms with Crippen molar-refractivity contribution in [2.45, 2.75) is 18.7 Å². The van der Waals surface area contributed by atoms with Gasteiger partial charge in [-0.25, -0.2) is 13.6 Å². The Kier molecular flexibility index (Phi) is 9.86. The van der Waals surface area contributed by atoms with Crippen LogP contribution in [0.25, 0.3) is 22.2 Å². The summed E-state index contributed by atoms with van der Waals surface area (Å²) in [5, 5.41) is 11.4. The van der Waals surface area contributed by atoms with Crippen molar-refractivity contribution in [1.29, 1.82) is 0 Å². The summed E-state index contributed by atoms with van der Waals surface area (Å²) in [6.07, 6.45) is 4.63. The highest BCUT2D eigenvalue weighted by molar-refractivity contribution is 5.95. The summed E-state index contributed by atoms with van der Waals surface area (Å²) < 4.78 is 46.2. The van der Waals surface area contributed by atoms with Crippen molar-refractivity contribution in [2.75, 3.05) is 12.4 Å². The van der Waals surface area contributed by atoms with E-state index in [0.717, 1.165) is 16.7 Å². The molecule has 1 N–H and O–H groups in total. The number of amides is 1. The number of fused-ring (bicyclic) bond motifs is 1. The van der Waals surface area contributed by atoms with E-state index in [4.69, 9.17) is 9.47 Å². The van der Waals surface area contributed by atoms with Crippen LogP contribution in [0.15, 0.2) is 151 Å². The molecule has 11 nitrogen and oxygen atoms in total. The maximum Gasteiger partial charge on any atom is 0.329 e. The molecule has 284 valence electrons. The fraction of sp³-hybridized carbons (Fsp3) is 0.114. The lowest BCUT2D eigenvalue weighted by molar-refractivity contribution is -0.116. The molecule has 0 aliphatic heterocycles. The average Bonchev–Trinajstić information content (AvgIpc) is 3.81. The number of hydrogen-bond donors (Lipinski definition) is 1. The Labute approximate surface area is 325 Å². The van der Waals surface area contributed by atoms with Gasteiger partial charge in [-0.05, 0) is 58.7 Å². The zero-order valence-electron chi connectivity index (χ0n) is 30.8. The summed E-state index contributed by atoms with van der Waals surface area (Å²) in [6, 6.07) is 38.2. The van der Waals surface area contributed by atoms with Crippen LogP contribution in [0.2, 0.25) is 0 Å². The molecule has 0 aliphatic rings. The Hall–Kier alpha value is -7.41. The van der Waals surface area contributed by atoms with Crippen molar-refractivity contribution < 1.29 is 23.0 Å². The molecular weight excluding hydrogens is 729 g/mol. The molecule has 0 unspecified atom stereocenters. The van der Waals surface area contributed by atoms with Gasteiger partial charge in [0.1, 0.15) is 30.8 Å². The van der Waals surface area contributed by atoms with E-state index in [1.54, 1.807) is 19.4 Å². The number of halogens is 2. The van der Waals surface area contributed by atoms with Crippen LogP contribution in [0.3, 0.4) is 0 Å². The van der Waals surface area contributed by atoms with E-state index in [1.165, 1.54) is 59.0 Å². The van der Waals surface area contributed by atoms with Gasteiger partial charge in [-0.1, -0.05) is 91.0 Å². The zero-order chi connectivity index (χ0) is 39.5. The second-order valence-electron chi connectivity index (χ2n) is 13.2. The molecule has 3 heterocycles. The van der Waals surface area contributed by atoms with E-state index in [0.29, 0.717) is 33.7 Å². The van der Waals surface area contributed by atoms with Gasteiger partial charge in [0, 0.05) is 24.5 Å². The first kappa shape index (κ1) is 36.6. The summed E-state index contributed by atoms with van der Waals surface area (Å²) in [5.74, 6) is -1.30. The van der Waals surface area contributed by atoms with Crippen LogP contribution in [0, 0.1) is 11.6 Å². The highest BCUT2D eigenvalue weighted by Gasteiger charge is 2.40. The maximum absolute atomic E-state index is 16.3. The molecule has 0 spiro atoms. The molecule has 0 saturated heterocycles. The van der Waals surface area contributed by atoms with Crippen molar-refractivity contribution in [3.05, 3.63) is 191 Å². The Bertz CT molecular complexity index is 2660. The topological polar surface area (TPSA) is 118 Å². The van der Waals surface area contributed by atoms with Gasteiger partial charge in [-0.15, -0.1) is 10.2 Å². The van der Waals surface area contributed by atoms with Gasteiger partial charge in [0.2, 0.25) is 5.91 Å². The summed E-state index contributed by atoms with van der Waals surface area (Å²) in [7, 11) is 2.97. The highest BCUT2D eigenvalue weighted by Crippen LogP contribution is 2.42. The normalized spacial score (nSPS) is 11.4. The zero-order valence-corrected chi connectivity index (χ0v) is 30.8. The summed E-state index contributed by atoms with van der Waals surface area (Å²) in [5.41, 5.74) is 3.40. The van der Waals surface area contributed by atoms with Gasteiger partial charge >= 0.3 is 5.69 Å². The van der Waals surface area contributed by atoms with Crippen molar-refractivity contribution in [1.82, 2.24) is 28.9 Å². The molecule has 5 aromatic carbocycles. The predicted molar refractivity (Wildman–Crippen MR) is 211 cm³/mol. The summed E-state index contributed by atoms with van der Waals surface area (Å²) in [4.78, 5) is 30.7. The van der Waals surface area contributed by atoms with E-state index in [9.17, 15) is 14.0 Å². The van der Waals surface area contributed by atoms with Crippen molar-refractivity contribution in [3.8, 4) is 22.6 Å². The van der Waals surface area contributed by atoms with Crippen molar-refractivity contribution in [2.24, 2.45) is 7.05 Å². The molecule has 8 rings (SSSR count). The average molecular weight is 764 g/mol. The third kappa shape index (κ3) is 6.69. The summed E-state index contributed by atoms with van der Waals surface area (Å²) in [6.45, 7) is -0.511. The minimum absolute atomic E-state index is 0.0941. The molecular formula is C44H35F2N7O4. The second-order valence-corrected chi connectivity index (χ2v) is 13.2. The Balaban J connectivity index is 1.14. The number of carbonyl (C=O) groups excluding carboxylic acids is 1. The van der Waals surface area contributed by atoms with Crippen LogP contribution in [-0.2, 0) is 30.5 Å². The highest BCUT2D eigenvalue weighted by atomic mass is 19.1. The number of carbonyl (C=O) groups is 1. The van der Waals surface area contributed by atoms with Crippen LogP contribution >= 0.6 is 0 Å². The van der Waals surface area contributed by atoms with Crippen LogP contribution in [0.1, 0.15) is 22.5 Å². The van der Waals surface area contributed by atoms with E-state index in [1.807, 2.05) is 95.6 Å². The number of aryl methyl sites for hydroxylation is 1. The molecule has 0 bridgehead atoms. The fourth-order valence-electron chi connectivity index (χ4n) is 7.36. The predicted octanol–water partition coefficient (Wildman–Crippen LogP) is 7.34. The molecule has 0 fully saturated rings. The first-order chi connectivity index (χ1) is 27.8. The molecule has 0 atom stereocenters. The quantitative estimate of drug-likeness (QED) is 0.130. The number of methoxy groups -OCH3 is 1. The number of nitrogens with one attached hydrogen (secondary N) is 1. The fourth-order valence-corrected chi connectivity index (χ4v) is 7.36. The van der Waals surface area contributed by atoms with Crippen LogP contribution in [0.5, 0.6) is 11.5 Å². The Morgan fingerprint density at radius 2 is 1.44 bits per heavy atom. The van der Waals surface area contributed by atoms with Crippen molar-refractivity contribution in [3.63, 3.8) is 0 Å². The molecule has 3 aromatic heterocycles. The first-order valence-electron chi connectivity index (χ1n) is 17.9. The number of imidazole rings is 1. The molecule has 13 heteroatoms. The van der Waals surface area contributed by atoms with Gasteiger partial charge in [0.25, 0.3) is 0 Å². The Morgan fingerprint density at radius 3 is 2.04 bits per heavy atom. The summed E-state index contributed by atoms with van der Waals surface area (Å²) >= 11 is 0. The number of nitrogens with zero attached hydrogens (tertiary/aromatic N) is 6. The molecule has 57 heavy (non-hydrogen) atoms. The molecule has 0 radical (unpaired) electrons. The lowest BCUT2D eigenvalue weighted by atomic mass is 9.76. The monoisotopic (exact) mass is 763 g/mol. The van der Waals surface area contributed by atoms with E-state index >= 15 is 4.39 Å². The molecule has 0 aliphatic carbocycles. The van der Waals surface area contributed by atoms with Crippen LogP contribution < -0.4 is 20.5 Å². The molecule has 0 saturated carbocycles. The number of hydrogen-bond acceptors (Lipinski definition) is 7. The van der Waals surface area contributed by atoms with Gasteiger partial charge in [-0.3, -0.25) is 23.5 Å². The van der Waals surface area contributed by atoms with Gasteiger partial charge in [0.15, 0.2) is 23.1 Å².